The Morgan fingerprint density at radius 1 is 1.44 bits per heavy atom. The number of hydrogen-bond acceptors (Lipinski definition) is 3. The third-order valence-electron chi connectivity index (χ3n) is 2.38. The van der Waals surface area contributed by atoms with Gasteiger partial charge in [-0.1, -0.05) is 29.8 Å². The van der Waals surface area contributed by atoms with Crippen LogP contribution < -0.4 is 5.73 Å². The standard InChI is InChI=1S/C12H16ClNO2/c1-12(2,8-14)11(15)16-7-9-5-3-4-6-10(9)13/h3-6H,7-8,14H2,1-2H3. The molecule has 88 valence electrons. The van der Waals surface area contributed by atoms with Crippen molar-refractivity contribution in [2.75, 3.05) is 6.54 Å². The third-order valence-corrected chi connectivity index (χ3v) is 2.75. The van der Waals surface area contributed by atoms with Crippen molar-refractivity contribution in [1.82, 2.24) is 0 Å². The second kappa shape index (κ2) is 5.32. The van der Waals surface area contributed by atoms with Gasteiger partial charge in [0.05, 0.1) is 5.41 Å². The van der Waals surface area contributed by atoms with Gasteiger partial charge in [0.25, 0.3) is 0 Å². The number of hydrogen-bond donors (Lipinski definition) is 1. The molecular formula is C12H16ClNO2. The quantitative estimate of drug-likeness (QED) is 0.824. The van der Waals surface area contributed by atoms with Crippen LogP contribution in [0.4, 0.5) is 0 Å². The first-order chi connectivity index (χ1) is 7.47. The first kappa shape index (κ1) is 13.0. The summed E-state index contributed by atoms with van der Waals surface area (Å²) in [6.07, 6.45) is 0. The lowest BCUT2D eigenvalue weighted by molar-refractivity contribution is -0.154. The Kier molecular flexibility index (Phi) is 4.33. The van der Waals surface area contributed by atoms with Gasteiger partial charge in [-0.15, -0.1) is 0 Å². The van der Waals surface area contributed by atoms with Gasteiger partial charge in [-0.05, 0) is 19.9 Å². The predicted molar refractivity (Wildman–Crippen MR) is 64.1 cm³/mol. The fourth-order valence-corrected chi connectivity index (χ4v) is 1.23. The predicted octanol–water partition coefficient (Wildman–Crippen LogP) is 2.37. The van der Waals surface area contributed by atoms with Crippen molar-refractivity contribution in [3.05, 3.63) is 34.9 Å². The molecule has 16 heavy (non-hydrogen) atoms. The van der Waals surface area contributed by atoms with Crippen molar-refractivity contribution in [2.24, 2.45) is 11.1 Å². The van der Waals surface area contributed by atoms with Crippen LogP contribution in [0.25, 0.3) is 0 Å². The van der Waals surface area contributed by atoms with Crippen molar-refractivity contribution in [2.45, 2.75) is 20.5 Å². The maximum atomic E-state index is 11.6. The highest BCUT2D eigenvalue weighted by molar-refractivity contribution is 6.31. The number of carbonyl (C=O) groups excluding carboxylic acids is 1. The summed E-state index contributed by atoms with van der Waals surface area (Å²) >= 11 is 5.94. The topological polar surface area (TPSA) is 52.3 Å². The van der Waals surface area contributed by atoms with Crippen LogP contribution in [0, 0.1) is 5.41 Å². The summed E-state index contributed by atoms with van der Waals surface area (Å²) < 4.78 is 5.16. The number of ether oxygens (including phenoxy) is 1. The summed E-state index contributed by atoms with van der Waals surface area (Å²) in [5.41, 5.74) is 5.62. The number of rotatable bonds is 4. The summed E-state index contributed by atoms with van der Waals surface area (Å²) in [6, 6.07) is 7.27. The molecule has 2 N–H and O–H groups in total. The average molecular weight is 242 g/mol. The molecule has 0 saturated heterocycles. The molecular weight excluding hydrogens is 226 g/mol. The molecule has 1 aromatic rings. The van der Waals surface area contributed by atoms with Crippen LogP contribution in [0.1, 0.15) is 19.4 Å². The van der Waals surface area contributed by atoms with Gasteiger partial charge in [0.15, 0.2) is 0 Å². The van der Waals surface area contributed by atoms with Gasteiger partial charge in [-0.2, -0.15) is 0 Å². The smallest absolute Gasteiger partial charge is 0.313 e. The number of nitrogens with two attached hydrogens (primary N) is 1. The van der Waals surface area contributed by atoms with E-state index < -0.39 is 5.41 Å². The van der Waals surface area contributed by atoms with Gasteiger partial charge >= 0.3 is 5.97 Å². The number of halogens is 1. The number of esters is 1. The molecule has 0 fully saturated rings. The van der Waals surface area contributed by atoms with Crippen LogP contribution in [0.5, 0.6) is 0 Å². The largest absolute Gasteiger partial charge is 0.460 e. The van der Waals surface area contributed by atoms with Gasteiger partial charge < -0.3 is 10.5 Å². The Morgan fingerprint density at radius 2 is 2.06 bits per heavy atom. The molecule has 0 aliphatic rings. The Hall–Kier alpha value is -1.06. The van der Waals surface area contributed by atoms with E-state index in [2.05, 4.69) is 0 Å². The molecule has 0 aliphatic heterocycles. The second-order valence-corrected chi connectivity index (χ2v) is 4.66. The molecule has 0 bridgehead atoms. The lowest BCUT2D eigenvalue weighted by atomic mass is 9.94. The molecule has 0 radical (unpaired) electrons. The van der Waals surface area contributed by atoms with Crippen molar-refractivity contribution in [3.63, 3.8) is 0 Å². The minimum absolute atomic E-state index is 0.182. The number of carbonyl (C=O) groups is 1. The van der Waals surface area contributed by atoms with E-state index >= 15 is 0 Å². The van der Waals surface area contributed by atoms with Crippen LogP contribution in [-0.2, 0) is 16.1 Å². The molecule has 3 nitrogen and oxygen atoms in total. The van der Waals surface area contributed by atoms with E-state index in [4.69, 9.17) is 22.1 Å². The maximum absolute atomic E-state index is 11.6. The highest BCUT2D eigenvalue weighted by Gasteiger charge is 2.27. The normalized spacial score (nSPS) is 11.2. The first-order valence-electron chi connectivity index (χ1n) is 5.08. The van der Waals surface area contributed by atoms with E-state index in [1.807, 2.05) is 18.2 Å². The van der Waals surface area contributed by atoms with Gasteiger partial charge in [0.1, 0.15) is 6.61 Å². The minimum Gasteiger partial charge on any atom is -0.460 e. The summed E-state index contributed by atoms with van der Waals surface area (Å²) in [6.45, 7) is 3.94. The SMILES string of the molecule is CC(C)(CN)C(=O)OCc1ccccc1Cl. The summed E-state index contributed by atoms with van der Waals surface area (Å²) in [4.78, 5) is 11.6. The van der Waals surface area contributed by atoms with Crippen LogP contribution in [0.3, 0.4) is 0 Å². The Morgan fingerprint density at radius 3 is 2.62 bits per heavy atom. The lowest BCUT2D eigenvalue weighted by Gasteiger charge is -2.20. The monoisotopic (exact) mass is 241 g/mol. The summed E-state index contributed by atoms with van der Waals surface area (Å²) in [5, 5.41) is 0.598. The first-order valence-corrected chi connectivity index (χ1v) is 5.46. The molecule has 0 heterocycles. The van der Waals surface area contributed by atoms with E-state index in [1.54, 1.807) is 19.9 Å². The highest BCUT2D eigenvalue weighted by Crippen LogP contribution is 2.19. The Balaban J connectivity index is 2.59. The molecule has 0 amide bonds. The average Bonchev–Trinajstić information content (AvgIpc) is 2.27. The second-order valence-electron chi connectivity index (χ2n) is 4.26. The Labute approximate surface area is 101 Å². The molecule has 1 aromatic carbocycles. The molecule has 0 atom stereocenters. The van der Waals surface area contributed by atoms with E-state index in [0.29, 0.717) is 5.02 Å². The van der Waals surface area contributed by atoms with E-state index in [1.165, 1.54) is 0 Å². The zero-order valence-corrected chi connectivity index (χ0v) is 10.3. The van der Waals surface area contributed by atoms with Crippen molar-refractivity contribution in [3.8, 4) is 0 Å². The van der Waals surface area contributed by atoms with E-state index in [0.717, 1.165) is 5.56 Å². The van der Waals surface area contributed by atoms with E-state index in [-0.39, 0.29) is 19.1 Å². The fraction of sp³-hybridized carbons (Fsp3) is 0.417. The molecule has 0 unspecified atom stereocenters. The van der Waals surface area contributed by atoms with E-state index in [9.17, 15) is 4.79 Å². The van der Waals surface area contributed by atoms with Crippen molar-refractivity contribution in [1.29, 1.82) is 0 Å². The summed E-state index contributed by atoms with van der Waals surface area (Å²) in [5.74, 6) is -0.310. The summed E-state index contributed by atoms with van der Waals surface area (Å²) in [7, 11) is 0. The molecule has 4 heteroatoms. The lowest BCUT2D eigenvalue weighted by Crippen LogP contribution is -2.34. The molecule has 1 rings (SSSR count). The van der Waals surface area contributed by atoms with Gasteiger partial charge in [0, 0.05) is 17.1 Å². The fourth-order valence-electron chi connectivity index (χ4n) is 1.04. The van der Waals surface area contributed by atoms with Gasteiger partial charge in [-0.3, -0.25) is 4.79 Å². The van der Waals surface area contributed by atoms with Crippen LogP contribution >= 0.6 is 11.6 Å². The van der Waals surface area contributed by atoms with Crippen molar-refractivity contribution >= 4 is 17.6 Å². The molecule has 0 saturated carbocycles. The van der Waals surface area contributed by atoms with Gasteiger partial charge in [0.2, 0.25) is 0 Å². The zero-order chi connectivity index (χ0) is 12.2. The molecule has 0 spiro atoms. The third kappa shape index (κ3) is 3.22. The number of benzene rings is 1. The zero-order valence-electron chi connectivity index (χ0n) is 9.50. The molecule has 0 aliphatic carbocycles. The van der Waals surface area contributed by atoms with Crippen LogP contribution in [0.15, 0.2) is 24.3 Å². The van der Waals surface area contributed by atoms with Crippen LogP contribution in [-0.4, -0.2) is 12.5 Å². The highest BCUT2D eigenvalue weighted by atomic mass is 35.5. The Bertz CT molecular complexity index is 377. The van der Waals surface area contributed by atoms with Gasteiger partial charge in [-0.25, -0.2) is 0 Å². The molecule has 0 aromatic heterocycles. The van der Waals surface area contributed by atoms with Crippen molar-refractivity contribution < 1.29 is 9.53 Å². The van der Waals surface area contributed by atoms with Crippen LogP contribution in [0.2, 0.25) is 5.02 Å². The maximum Gasteiger partial charge on any atom is 0.313 e. The minimum atomic E-state index is -0.652.